The van der Waals surface area contributed by atoms with Crippen molar-refractivity contribution in [2.75, 3.05) is 5.32 Å². The van der Waals surface area contributed by atoms with Gasteiger partial charge in [-0.25, -0.2) is 4.98 Å². The van der Waals surface area contributed by atoms with E-state index in [1.165, 1.54) is 12.4 Å². The minimum atomic E-state index is -4.71. The van der Waals surface area contributed by atoms with Crippen molar-refractivity contribution in [1.82, 2.24) is 9.97 Å². The molecule has 0 bridgehead atoms. The standard InChI is InChI=1S/C12H7ClF3N3O2/c13-9-6(12(14,15)16)1-2-8(20)10(9)19-11(21)7-5-17-3-4-18-7/h1-5,20H,(H,19,21). The highest BCUT2D eigenvalue weighted by Crippen LogP contribution is 2.42. The van der Waals surface area contributed by atoms with Gasteiger partial charge in [0.15, 0.2) is 0 Å². The van der Waals surface area contributed by atoms with E-state index in [9.17, 15) is 23.1 Å². The lowest BCUT2D eigenvalue weighted by Crippen LogP contribution is -2.15. The van der Waals surface area contributed by atoms with Crippen molar-refractivity contribution in [3.63, 3.8) is 0 Å². The second-order valence-electron chi connectivity index (χ2n) is 3.86. The third-order valence-corrected chi connectivity index (χ3v) is 2.85. The van der Waals surface area contributed by atoms with Gasteiger partial charge in [-0.1, -0.05) is 11.6 Å². The maximum atomic E-state index is 12.7. The molecule has 2 aromatic rings. The van der Waals surface area contributed by atoms with Crippen molar-refractivity contribution < 1.29 is 23.1 Å². The van der Waals surface area contributed by atoms with E-state index in [1.807, 2.05) is 0 Å². The number of benzene rings is 1. The molecule has 110 valence electrons. The fourth-order valence-electron chi connectivity index (χ4n) is 1.50. The maximum absolute atomic E-state index is 12.7. The molecule has 1 aromatic carbocycles. The minimum Gasteiger partial charge on any atom is -0.506 e. The molecule has 9 heteroatoms. The van der Waals surface area contributed by atoms with Crippen LogP contribution in [0.5, 0.6) is 5.75 Å². The summed E-state index contributed by atoms with van der Waals surface area (Å²) in [4.78, 5) is 19.1. The molecule has 0 atom stereocenters. The number of amides is 1. The molecule has 21 heavy (non-hydrogen) atoms. The van der Waals surface area contributed by atoms with Crippen molar-refractivity contribution in [2.24, 2.45) is 0 Å². The predicted octanol–water partition coefficient (Wildman–Crippen LogP) is 3.11. The number of hydrogen-bond acceptors (Lipinski definition) is 4. The summed E-state index contributed by atoms with van der Waals surface area (Å²) in [7, 11) is 0. The molecule has 1 aromatic heterocycles. The highest BCUT2D eigenvalue weighted by molar-refractivity contribution is 6.35. The van der Waals surface area contributed by atoms with E-state index in [1.54, 1.807) is 0 Å². The first-order valence-corrected chi connectivity index (χ1v) is 5.84. The lowest BCUT2D eigenvalue weighted by atomic mass is 10.1. The molecule has 5 nitrogen and oxygen atoms in total. The topological polar surface area (TPSA) is 75.1 Å². The molecule has 0 aliphatic carbocycles. The number of halogens is 4. The Hall–Kier alpha value is -2.35. The number of nitrogens with zero attached hydrogens (tertiary/aromatic N) is 2. The van der Waals surface area contributed by atoms with Crippen LogP contribution in [-0.2, 0) is 6.18 Å². The molecule has 0 saturated carbocycles. The van der Waals surface area contributed by atoms with Crippen molar-refractivity contribution in [1.29, 1.82) is 0 Å². The molecular formula is C12H7ClF3N3O2. The second-order valence-corrected chi connectivity index (χ2v) is 4.24. The third kappa shape index (κ3) is 3.22. The second kappa shape index (κ2) is 5.57. The van der Waals surface area contributed by atoms with Gasteiger partial charge >= 0.3 is 6.18 Å². The van der Waals surface area contributed by atoms with E-state index < -0.39 is 34.1 Å². The zero-order chi connectivity index (χ0) is 15.6. The van der Waals surface area contributed by atoms with Crippen LogP contribution in [0, 0.1) is 0 Å². The minimum absolute atomic E-state index is 0.134. The van der Waals surface area contributed by atoms with Gasteiger partial charge in [0.25, 0.3) is 5.91 Å². The Kier molecular flexibility index (Phi) is 3.99. The van der Waals surface area contributed by atoms with Crippen molar-refractivity contribution in [3.8, 4) is 5.75 Å². The average Bonchev–Trinajstić information content (AvgIpc) is 2.42. The van der Waals surface area contributed by atoms with Gasteiger partial charge in [0.2, 0.25) is 0 Å². The maximum Gasteiger partial charge on any atom is 0.417 e. The van der Waals surface area contributed by atoms with Crippen molar-refractivity contribution >= 4 is 23.2 Å². The number of nitrogens with one attached hydrogen (secondary N) is 1. The van der Waals surface area contributed by atoms with Gasteiger partial charge in [0.1, 0.15) is 17.1 Å². The van der Waals surface area contributed by atoms with Crippen LogP contribution in [0.3, 0.4) is 0 Å². The van der Waals surface area contributed by atoms with Gasteiger partial charge in [-0.2, -0.15) is 13.2 Å². The molecule has 0 saturated heterocycles. The quantitative estimate of drug-likeness (QED) is 0.835. The monoisotopic (exact) mass is 317 g/mol. The Bertz CT molecular complexity index is 677. The normalized spacial score (nSPS) is 11.2. The number of phenols is 1. The summed E-state index contributed by atoms with van der Waals surface area (Å²) >= 11 is 5.60. The van der Waals surface area contributed by atoms with E-state index in [-0.39, 0.29) is 5.69 Å². The molecule has 0 aliphatic rings. The third-order valence-electron chi connectivity index (χ3n) is 2.46. The highest BCUT2D eigenvalue weighted by atomic mass is 35.5. The Morgan fingerprint density at radius 1 is 1.29 bits per heavy atom. The van der Waals surface area contributed by atoms with Gasteiger partial charge in [-0.15, -0.1) is 0 Å². The zero-order valence-electron chi connectivity index (χ0n) is 10.1. The van der Waals surface area contributed by atoms with Crippen LogP contribution >= 0.6 is 11.6 Å². The van der Waals surface area contributed by atoms with Gasteiger partial charge in [0.05, 0.1) is 16.8 Å². The Balaban J connectivity index is 2.39. The summed E-state index contributed by atoms with van der Waals surface area (Å²) in [6.45, 7) is 0. The first kappa shape index (κ1) is 15.0. The highest BCUT2D eigenvalue weighted by Gasteiger charge is 2.35. The van der Waals surface area contributed by atoms with E-state index in [0.717, 1.165) is 12.3 Å². The molecule has 2 N–H and O–H groups in total. The molecular weight excluding hydrogens is 311 g/mol. The van der Waals surface area contributed by atoms with Crippen LogP contribution in [0.2, 0.25) is 5.02 Å². The van der Waals surface area contributed by atoms with Crippen molar-refractivity contribution in [3.05, 3.63) is 47.0 Å². The lowest BCUT2D eigenvalue weighted by molar-refractivity contribution is -0.137. The fourth-order valence-corrected chi connectivity index (χ4v) is 1.81. The fraction of sp³-hybridized carbons (Fsp3) is 0.0833. The summed E-state index contributed by atoms with van der Waals surface area (Å²) < 4.78 is 38.2. The largest absolute Gasteiger partial charge is 0.506 e. The molecule has 0 radical (unpaired) electrons. The number of carbonyl (C=O) groups excluding carboxylic acids is 1. The first-order valence-electron chi connectivity index (χ1n) is 5.46. The number of alkyl halides is 3. The SMILES string of the molecule is O=C(Nc1c(O)ccc(C(F)(F)F)c1Cl)c1cnccn1. The van der Waals surface area contributed by atoms with Crippen molar-refractivity contribution in [2.45, 2.75) is 6.18 Å². The van der Waals surface area contributed by atoms with Crippen LogP contribution in [0.4, 0.5) is 18.9 Å². The summed E-state index contributed by atoms with van der Waals surface area (Å²) in [5, 5.41) is 10.9. The molecule has 0 spiro atoms. The predicted molar refractivity (Wildman–Crippen MR) is 68.1 cm³/mol. The molecule has 0 unspecified atom stereocenters. The van der Waals surface area contributed by atoms with Crippen LogP contribution in [0.25, 0.3) is 0 Å². The summed E-state index contributed by atoms with van der Waals surface area (Å²) in [5.74, 6) is -1.44. The lowest BCUT2D eigenvalue weighted by Gasteiger charge is -2.14. The van der Waals surface area contributed by atoms with Crippen LogP contribution in [0.1, 0.15) is 16.1 Å². The summed E-state index contributed by atoms with van der Waals surface area (Å²) in [6, 6.07) is 1.41. The smallest absolute Gasteiger partial charge is 0.417 e. The molecule has 0 aliphatic heterocycles. The Morgan fingerprint density at radius 2 is 2.00 bits per heavy atom. The number of hydrogen-bond donors (Lipinski definition) is 2. The number of rotatable bonds is 2. The van der Waals surface area contributed by atoms with Crippen LogP contribution in [0.15, 0.2) is 30.7 Å². The number of aromatic hydroxyl groups is 1. The van der Waals surface area contributed by atoms with E-state index in [2.05, 4.69) is 15.3 Å². The number of carbonyl (C=O) groups is 1. The van der Waals surface area contributed by atoms with Crippen LogP contribution < -0.4 is 5.32 Å². The molecule has 1 heterocycles. The number of aromatic nitrogens is 2. The van der Waals surface area contributed by atoms with E-state index in [0.29, 0.717) is 6.07 Å². The number of phenolic OH excluding ortho intramolecular Hbond substituents is 1. The molecule has 0 fully saturated rings. The number of anilines is 1. The van der Waals surface area contributed by atoms with E-state index in [4.69, 9.17) is 11.6 Å². The van der Waals surface area contributed by atoms with Crippen LogP contribution in [-0.4, -0.2) is 21.0 Å². The summed E-state index contributed by atoms with van der Waals surface area (Å²) in [5.41, 5.74) is -1.84. The molecule has 2 rings (SSSR count). The first-order chi connectivity index (χ1) is 9.80. The Labute approximate surface area is 121 Å². The summed E-state index contributed by atoms with van der Waals surface area (Å²) in [6.07, 6.45) is -1.03. The van der Waals surface area contributed by atoms with Gasteiger partial charge in [-0.05, 0) is 12.1 Å². The van der Waals surface area contributed by atoms with Gasteiger partial charge in [-0.3, -0.25) is 9.78 Å². The molecule has 1 amide bonds. The average molecular weight is 318 g/mol. The zero-order valence-corrected chi connectivity index (χ0v) is 10.9. The van der Waals surface area contributed by atoms with Gasteiger partial charge in [0, 0.05) is 12.4 Å². The Morgan fingerprint density at radius 3 is 2.57 bits per heavy atom. The van der Waals surface area contributed by atoms with Gasteiger partial charge < -0.3 is 10.4 Å². The van der Waals surface area contributed by atoms with E-state index >= 15 is 0 Å².